The molecular formula is C18H24N2O4. The fourth-order valence-corrected chi connectivity index (χ4v) is 3.61. The van der Waals surface area contributed by atoms with Gasteiger partial charge in [0.05, 0.1) is 5.56 Å². The number of carbonyl (C=O) groups is 2. The number of nitrogens with one attached hydrogen (secondary N) is 1. The van der Waals surface area contributed by atoms with Crippen molar-refractivity contribution in [1.29, 1.82) is 0 Å². The number of aromatic carboxylic acids is 1. The molecule has 6 heteroatoms. The van der Waals surface area contributed by atoms with Crippen LogP contribution in [0.15, 0.2) is 18.2 Å². The smallest absolute Gasteiger partial charge is 0.410 e. The van der Waals surface area contributed by atoms with Gasteiger partial charge in [0.1, 0.15) is 5.60 Å². The largest absolute Gasteiger partial charge is 0.478 e. The first-order valence-electron chi connectivity index (χ1n) is 8.30. The minimum Gasteiger partial charge on any atom is -0.478 e. The summed E-state index contributed by atoms with van der Waals surface area (Å²) >= 11 is 0. The van der Waals surface area contributed by atoms with Crippen molar-refractivity contribution in [3.8, 4) is 0 Å². The number of carboxylic acid groups (broad SMARTS) is 1. The van der Waals surface area contributed by atoms with Crippen LogP contribution >= 0.6 is 0 Å². The van der Waals surface area contributed by atoms with Gasteiger partial charge in [0, 0.05) is 30.7 Å². The van der Waals surface area contributed by atoms with Crippen molar-refractivity contribution in [1.82, 2.24) is 4.90 Å². The average molecular weight is 332 g/mol. The molecule has 6 nitrogen and oxygen atoms in total. The summed E-state index contributed by atoms with van der Waals surface area (Å²) < 4.78 is 5.50. The molecule has 0 radical (unpaired) electrons. The molecule has 1 fully saturated rings. The average Bonchev–Trinajstić information content (AvgIpc) is 2.83. The van der Waals surface area contributed by atoms with Crippen molar-refractivity contribution in [3.63, 3.8) is 0 Å². The lowest BCUT2D eigenvalue weighted by molar-refractivity contribution is 0.0146. The predicted molar refractivity (Wildman–Crippen MR) is 90.6 cm³/mol. The molecular weight excluding hydrogens is 308 g/mol. The van der Waals surface area contributed by atoms with Crippen LogP contribution in [0.3, 0.4) is 0 Å². The van der Waals surface area contributed by atoms with E-state index in [2.05, 4.69) is 5.32 Å². The molecule has 24 heavy (non-hydrogen) atoms. The third-order valence-electron chi connectivity index (χ3n) is 4.68. The van der Waals surface area contributed by atoms with Crippen LogP contribution in [0, 0.1) is 0 Å². The fourth-order valence-electron chi connectivity index (χ4n) is 3.61. The number of piperidine rings is 1. The Morgan fingerprint density at radius 1 is 1.33 bits per heavy atom. The third-order valence-corrected chi connectivity index (χ3v) is 4.68. The highest BCUT2D eigenvalue weighted by molar-refractivity contribution is 5.89. The van der Waals surface area contributed by atoms with E-state index in [1.807, 2.05) is 26.8 Å². The normalized spacial score (nSPS) is 22.9. The summed E-state index contributed by atoms with van der Waals surface area (Å²) in [5.74, 6) is -0.931. The SMILES string of the molecule is CC(C)(C)OC(=O)N1CCCC2(CNc3ccc(C(=O)O)cc32)C1. The first kappa shape index (κ1) is 16.6. The third kappa shape index (κ3) is 3.05. The molecule has 1 atom stereocenters. The van der Waals surface area contributed by atoms with Gasteiger partial charge in [-0.2, -0.15) is 0 Å². The summed E-state index contributed by atoms with van der Waals surface area (Å²) in [6.45, 7) is 7.50. The van der Waals surface area contributed by atoms with E-state index in [-0.39, 0.29) is 17.1 Å². The topological polar surface area (TPSA) is 78.9 Å². The van der Waals surface area contributed by atoms with Crippen LogP contribution in [0.5, 0.6) is 0 Å². The molecule has 0 saturated carbocycles. The summed E-state index contributed by atoms with van der Waals surface area (Å²) in [7, 11) is 0. The molecule has 1 aromatic carbocycles. The highest BCUT2D eigenvalue weighted by atomic mass is 16.6. The number of hydrogen-bond acceptors (Lipinski definition) is 4. The molecule has 2 aliphatic rings. The number of rotatable bonds is 1. The number of anilines is 1. The first-order valence-corrected chi connectivity index (χ1v) is 8.30. The Bertz CT molecular complexity index is 676. The van der Waals surface area contributed by atoms with Crippen LogP contribution in [0.1, 0.15) is 49.5 Å². The maximum atomic E-state index is 12.4. The molecule has 2 aliphatic heterocycles. The van der Waals surface area contributed by atoms with Gasteiger partial charge in [-0.15, -0.1) is 0 Å². The zero-order chi connectivity index (χ0) is 17.5. The van der Waals surface area contributed by atoms with Crippen molar-refractivity contribution in [2.45, 2.75) is 44.6 Å². The van der Waals surface area contributed by atoms with Gasteiger partial charge in [-0.1, -0.05) is 0 Å². The Morgan fingerprint density at radius 3 is 2.75 bits per heavy atom. The molecule has 0 bridgehead atoms. The summed E-state index contributed by atoms with van der Waals surface area (Å²) in [6, 6.07) is 5.18. The van der Waals surface area contributed by atoms with Gasteiger partial charge in [0.2, 0.25) is 0 Å². The molecule has 2 heterocycles. The number of fused-ring (bicyclic) bond motifs is 2. The van der Waals surface area contributed by atoms with E-state index in [0.717, 1.165) is 24.1 Å². The van der Waals surface area contributed by atoms with E-state index in [1.165, 1.54) is 0 Å². The maximum absolute atomic E-state index is 12.4. The van der Waals surface area contributed by atoms with Gasteiger partial charge in [-0.25, -0.2) is 9.59 Å². The van der Waals surface area contributed by atoms with Gasteiger partial charge in [0.15, 0.2) is 0 Å². The molecule has 1 spiro atoms. The van der Waals surface area contributed by atoms with Crippen molar-refractivity contribution < 1.29 is 19.4 Å². The second kappa shape index (κ2) is 5.69. The predicted octanol–water partition coefficient (Wildman–Crippen LogP) is 3.08. The fraction of sp³-hybridized carbons (Fsp3) is 0.556. The lowest BCUT2D eigenvalue weighted by Gasteiger charge is -2.40. The minimum atomic E-state index is -0.931. The number of carboxylic acids is 1. The summed E-state index contributed by atoms with van der Waals surface area (Å²) in [6.07, 6.45) is 1.50. The number of likely N-dealkylation sites (tertiary alicyclic amines) is 1. The maximum Gasteiger partial charge on any atom is 0.410 e. The van der Waals surface area contributed by atoms with Gasteiger partial charge < -0.3 is 20.1 Å². The van der Waals surface area contributed by atoms with Crippen molar-refractivity contribution in [2.24, 2.45) is 0 Å². The number of benzene rings is 1. The van der Waals surface area contributed by atoms with Crippen LogP contribution in [0.2, 0.25) is 0 Å². The Morgan fingerprint density at radius 2 is 2.08 bits per heavy atom. The highest BCUT2D eigenvalue weighted by Gasteiger charge is 2.44. The van der Waals surface area contributed by atoms with Gasteiger partial charge in [0.25, 0.3) is 0 Å². The lowest BCUT2D eigenvalue weighted by Crippen LogP contribution is -2.50. The van der Waals surface area contributed by atoms with E-state index >= 15 is 0 Å². The second-order valence-electron chi connectivity index (χ2n) is 7.70. The van der Waals surface area contributed by atoms with E-state index in [9.17, 15) is 14.7 Å². The molecule has 130 valence electrons. The van der Waals surface area contributed by atoms with Crippen LogP contribution < -0.4 is 5.32 Å². The Balaban J connectivity index is 1.86. The van der Waals surface area contributed by atoms with E-state index in [0.29, 0.717) is 19.6 Å². The number of hydrogen-bond donors (Lipinski definition) is 2. The van der Waals surface area contributed by atoms with Crippen LogP contribution in [-0.4, -0.2) is 47.3 Å². The van der Waals surface area contributed by atoms with Crippen LogP contribution in [0.25, 0.3) is 0 Å². The van der Waals surface area contributed by atoms with Gasteiger partial charge in [-0.3, -0.25) is 0 Å². The van der Waals surface area contributed by atoms with E-state index in [4.69, 9.17) is 4.74 Å². The molecule has 0 aromatic heterocycles. The highest BCUT2D eigenvalue weighted by Crippen LogP contribution is 2.43. The van der Waals surface area contributed by atoms with E-state index < -0.39 is 11.6 Å². The van der Waals surface area contributed by atoms with Crippen LogP contribution in [0.4, 0.5) is 10.5 Å². The van der Waals surface area contributed by atoms with E-state index in [1.54, 1.807) is 17.0 Å². The van der Waals surface area contributed by atoms with Gasteiger partial charge in [-0.05, 0) is 57.4 Å². The summed E-state index contributed by atoms with van der Waals surface area (Å²) in [5, 5.41) is 12.6. The molecule has 1 saturated heterocycles. The zero-order valence-corrected chi connectivity index (χ0v) is 14.4. The molecule has 1 aromatic rings. The van der Waals surface area contributed by atoms with Crippen molar-refractivity contribution in [3.05, 3.63) is 29.3 Å². The number of amides is 1. The number of carbonyl (C=O) groups excluding carboxylic acids is 1. The number of nitrogens with zero attached hydrogens (tertiary/aromatic N) is 1. The Labute approximate surface area is 141 Å². The van der Waals surface area contributed by atoms with Gasteiger partial charge >= 0.3 is 12.1 Å². The monoisotopic (exact) mass is 332 g/mol. The summed E-state index contributed by atoms with van der Waals surface area (Å²) in [5.41, 5.74) is 1.48. The van der Waals surface area contributed by atoms with Crippen molar-refractivity contribution in [2.75, 3.05) is 25.0 Å². The lowest BCUT2D eigenvalue weighted by atomic mass is 9.75. The Hall–Kier alpha value is -2.24. The molecule has 1 amide bonds. The summed E-state index contributed by atoms with van der Waals surface area (Å²) in [4.78, 5) is 25.5. The Kier molecular flexibility index (Phi) is 3.94. The minimum absolute atomic E-state index is 0.240. The molecule has 1 unspecified atom stereocenters. The molecule has 3 rings (SSSR count). The number of ether oxygens (including phenoxy) is 1. The first-order chi connectivity index (χ1) is 11.2. The second-order valence-corrected chi connectivity index (χ2v) is 7.70. The zero-order valence-electron chi connectivity index (χ0n) is 14.4. The van der Waals surface area contributed by atoms with Crippen molar-refractivity contribution >= 4 is 17.7 Å². The molecule has 2 N–H and O–H groups in total. The quantitative estimate of drug-likeness (QED) is 0.826. The molecule has 0 aliphatic carbocycles. The standard InChI is InChI=1S/C18H24N2O4/c1-17(2,3)24-16(23)20-8-4-7-18(11-20)10-19-14-6-5-12(15(21)22)9-13(14)18/h5-6,9,19H,4,7-8,10-11H2,1-3H3,(H,21,22). The van der Waals surface area contributed by atoms with Crippen LogP contribution in [-0.2, 0) is 10.2 Å².